The van der Waals surface area contributed by atoms with Crippen LogP contribution in [0.5, 0.6) is 5.75 Å². The van der Waals surface area contributed by atoms with Crippen molar-refractivity contribution < 1.29 is 9.84 Å². The summed E-state index contributed by atoms with van der Waals surface area (Å²) in [5.74, 6) is 0.789. The van der Waals surface area contributed by atoms with E-state index >= 15 is 0 Å². The van der Waals surface area contributed by atoms with Crippen molar-refractivity contribution in [3.63, 3.8) is 0 Å². The highest BCUT2D eigenvalue weighted by Crippen LogP contribution is 2.31. The molecule has 1 heterocycles. The molecule has 4 aromatic rings. The van der Waals surface area contributed by atoms with Gasteiger partial charge < -0.3 is 15.6 Å². The first-order chi connectivity index (χ1) is 20.3. The maximum Gasteiger partial charge on any atom is 0.127 e. The van der Waals surface area contributed by atoms with E-state index in [1.807, 2.05) is 42.5 Å². The molecule has 216 valence electrons. The normalized spacial score (nSPS) is 12.9. The minimum atomic E-state index is -0.178. The number of aliphatic imine (C=N–C) groups is 1. The van der Waals surface area contributed by atoms with Crippen molar-refractivity contribution in [3.8, 4) is 5.75 Å². The van der Waals surface area contributed by atoms with Crippen LogP contribution in [0.1, 0.15) is 43.2 Å². The Hall–Kier alpha value is -4.59. The number of aliphatic hydroxyl groups is 1. The molecule has 3 aromatic carbocycles. The smallest absolute Gasteiger partial charge is 0.127 e. The predicted molar refractivity (Wildman–Crippen MR) is 176 cm³/mol. The van der Waals surface area contributed by atoms with Gasteiger partial charge in [0.1, 0.15) is 12.4 Å². The molecule has 7 nitrogen and oxygen atoms in total. The molecule has 7 heteroatoms. The molecule has 0 aliphatic heterocycles. The summed E-state index contributed by atoms with van der Waals surface area (Å²) in [4.78, 5) is 8.49. The van der Waals surface area contributed by atoms with Gasteiger partial charge in [-0.25, -0.2) is 0 Å². The van der Waals surface area contributed by atoms with Crippen LogP contribution >= 0.6 is 0 Å². The van der Waals surface area contributed by atoms with Crippen molar-refractivity contribution in [1.29, 1.82) is 0 Å². The fraction of sp³-hybridized carbons (Fsp3) is 0.229. The van der Waals surface area contributed by atoms with Crippen LogP contribution in [-0.2, 0) is 6.61 Å². The quantitative estimate of drug-likeness (QED) is 0.135. The number of nitrogens with one attached hydrogen (secondary N) is 1. The number of nitrogens with zero attached hydrogens (tertiary/aromatic N) is 3. The molecule has 0 saturated heterocycles. The highest BCUT2D eigenvalue weighted by molar-refractivity contribution is 6.04. The Morgan fingerprint density at radius 1 is 1.02 bits per heavy atom. The van der Waals surface area contributed by atoms with Gasteiger partial charge in [-0.3, -0.25) is 15.4 Å². The zero-order valence-electron chi connectivity index (χ0n) is 24.7. The SMILES string of the molecule is Cc1ccc(N/N=C(\C=Cc2ccc(OCc3ccnc(C(=CN=CCN)CO)c3)c3ccccc23)C(C)(C)C)cc1. The Labute approximate surface area is 248 Å². The van der Waals surface area contributed by atoms with E-state index in [1.54, 1.807) is 18.6 Å². The van der Waals surface area contributed by atoms with Crippen molar-refractivity contribution in [1.82, 2.24) is 4.98 Å². The zero-order valence-corrected chi connectivity index (χ0v) is 24.7. The summed E-state index contributed by atoms with van der Waals surface area (Å²) in [6.45, 7) is 9.03. The van der Waals surface area contributed by atoms with Gasteiger partial charge in [-0.1, -0.05) is 74.9 Å². The van der Waals surface area contributed by atoms with Gasteiger partial charge in [-0.2, -0.15) is 5.10 Å². The summed E-state index contributed by atoms with van der Waals surface area (Å²) in [6.07, 6.45) is 9.04. The number of aliphatic hydroxyl groups excluding tert-OH is 1. The van der Waals surface area contributed by atoms with Crippen LogP contribution in [0.25, 0.3) is 22.4 Å². The molecule has 0 fully saturated rings. The highest BCUT2D eigenvalue weighted by atomic mass is 16.5. The number of fused-ring (bicyclic) bond motifs is 1. The summed E-state index contributed by atoms with van der Waals surface area (Å²) >= 11 is 0. The maximum absolute atomic E-state index is 9.77. The Kier molecular flexibility index (Phi) is 10.4. The topological polar surface area (TPSA) is 105 Å². The highest BCUT2D eigenvalue weighted by Gasteiger charge is 2.17. The van der Waals surface area contributed by atoms with Crippen molar-refractivity contribution in [3.05, 3.63) is 114 Å². The molecular formula is C35H39N5O2. The molecule has 0 amide bonds. The number of rotatable bonds is 11. The van der Waals surface area contributed by atoms with Crippen LogP contribution in [0.2, 0.25) is 0 Å². The Balaban J connectivity index is 1.56. The molecule has 0 aliphatic rings. The number of allylic oxidation sites excluding steroid dienone is 1. The van der Waals surface area contributed by atoms with E-state index in [0.717, 1.165) is 39.0 Å². The van der Waals surface area contributed by atoms with Gasteiger partial charge in [0.15, 0.2) is 0 Å². The molecule has 4 N–H and O–H groups in total. The number of ether oxygens (including phenoxy) is 1. The Morgan fingerprint density at radius 2 is 1.79 bits per heavy atom. The molecule has 0 unspecified atom stereocenters. The van der Waals surface area contributed by atoms with E-state index < -0.39 is 0 Å². The molecule has 0 atom stereocenters. The minimum absolute atomic E-state index is 0.154. The van der Waals surface area contributed by atoms with Crippen molar-refractivity contribution in [2.75, 3.05) is 18.6 Å². The number of anilines is 1. The number of aromatic nitrogens is 1. The first-order valence-corrected chi connectivity index (χ1v) is 14.0. The van der Waals surface area contributed by atoms with Gasteiger partial charge in [0.2, 0.25) is 0 Å². The Bertz CT molecular complexity index is 1610. The number of benzene rings is 3. The third-order valence-electron chi connectivity index (χ3n) is 6.62. The number of hydrogen-bond donors (Lipinski definition) is 3. The fourth-order valence-corrected chi connectivity index (χ4v) is 4.23. The van der Waals surface area contributed by atoms with Gasteiger partial charge in [0.25, 0.3) is 0 Å². The fourth-order valence-electron chi connectivity index (χ4n) is 4.23. The number of hydrogen-bond acceptors (Lipinski definition) is 7. The van der Waals surface area contributed by atoms with Crippen LogP contribution in [0.15, 0.2) is 101 Å². The number of pyridine rings is 1. The first kappa shape index (κ1) is 30.4. The standard InChI is InChI=1S/C35H39N5O2/c1-25-9-13-29(14-10-25)39-40-34(35(2,3)4)16-12-27-11-15-33(31-8-6-5-7-30(27)31)42-24-26-17-19-38-32(21-26)28(23-41)22-37-20-18-36/h5-17,19-22,39,41H,18,23-24,36H2,1-4H3/b16-12?,28-22?,37-20?,40-34+. The molecule has 0 aliphatic carbocycles. The third kappa shape index (κ3) is 8.22. The Morgan fingerprint density at radius 3 is 2.50 bits per heavy atom. The van der Waals surface area contributed by atoms with Crippen molar-refractivity contribution in [2.45, 2.75) is 34.3 Å². The number of nitrogens with two attached hydrogens (primary N) is 1. The monoisotopic (exact) mass is 561 g/mol. The first-order valence-electron chi connectivity index (χ1n) is 14.0. The predicted octanol–water partition coefficient (Wildman–Crippen LogP) is 7.01. The van der Waals surface area contributed by atoms with Crippen molar-refractivity contribution in [2.24, 2.45) is 21.2 Å². The van der Waals surface area contributed by atoms with Gasteiger partial charge in [-0.05, 0) is 59.8 Å². The minimum Gasteiger partial charge on any atom is -0.488 e. The number of aryl methyl sites for hydroxylation is 1. The lowest BCUT2D eigenvalue weighted by atomic mass is 9.89. The lowest BCUT2D eigenvalue weighted by Crippen LogP contribution is -2.19. The lowest BCUT2D eigenvalue weighted by molar-refractivity contribution is 0.310. The summed E-state index contributed by atoms with van der Waals surface area (Å²) in [5, 5.41) is 16.6. The molecule has 1 aromatic heterocycles. The van der Waals surface area contributed by atoms with Gasteiger partial charge in [0, 0.05) is 41.5 Å². The van der Waals surface area contributed by atoms with Crippen LogP contribution in [0, 0.1) is 12.3 Å². The molecule has 0 spiro atoms. The summed E-state index contributed by atoms with van der Waals surface area (Å²) in [7, 11) is 0. The van der Waals surface area contributed by atoms with E-state index in [2.05, 4.69) is 85.6 Å². The number of hydrazone groups is 1. The summed E-state index contributed by atoms with van der Waals surface area (Å²) in [5.41, 5.74) is 14.9. The summed E-state index contributed by atoms with van der Waals surface area (Å²) in [6, 6.07) is 24.3. The van der Waals surface area contributed by atoms with Gasteiger partial charge in [-0.15, -0.1) is 0 Å². The van der Waals surface area contributed by atoms with Crippen LogP contribution in [0.4, 0.5) is 5.69 Å². The van der Waals surface area contributed by atoms with E-state index in [-0.39, 0.29) is 12.0 Å². The summed E-state index contributed by atoms with van der Waals surface area (Å²) < 4.78 is 6.29. The molecule has 0 bridgehead atoms. The molecule has 4 rings (SSSR count). The van der Waals surface area contributed by atoms with E-state index in [0.29, 0.717) is 24.4 Å². The molecular weight excluding hydrogens is 522 g/mol. The molecule has 42 heavy (non-hydrogen) atoms. The van der Waals surface area contributed by atoms with Crippen LogP contribution < -0.4 is 15.9 Å². The van der Waals surface area contributed by atoms with Gasteiger partial charge in [0.05, 0.1) is 23.7 Å². The second-order valence-corrected chi connectivity index (χ2v) is 11.0. The zero-order chi connectivity index (χ0) is 30.0. The second kappa shape index (κ2) is 14.3. The molecule has 0 radical (unpaired) electrons. The lowest BCUT2D eigenvalue weighted by Gasteiger charge is -2.19. The van der Waals surface area contributed by atoms with E-state index in [1.165, 1.54) is 5.56 Å². The van der Waals surface area contributed by atoms with E-state index in [9.17, 15) is 5.11 Å². The average Bonchev–Trinajstić information content (AvgIpc) is 2.99. The van der Waals surface area contributed by atoms with Crippen LogP contribution in [0.3, 0.4) is 0 Å². The van der Waals surface area contributed by atoms with Crippen molar-refractivity contribution >= 4 is 40.0 Å². The average molecular weight is 562 g/mol. The van der Waals surface area contributed by atoms with Crippen LogP contribution in [-0.4, -0.2) is 35.2 Å². The van der Waals surface area contributed by atoms with Gasteiger partial charge >= 0.3 is 0 Å². The second-order valence-electron chi connectivity index (χ2n) is 11.0. The molecule has 0 saturated carbocycles. The van der Waals surface area contributed by atoms with E-state index in [4.69, 9.17) is 15.6 Å². The third-order valence-corrected chi connectivity index (χ3v) is 6.62. The largest absolute Gasteiger partial charge is 0.488 e. The maximum atomic E-state index is 9.77.